The predicted molar refractivity (Wildman–Crippen MR) is 40.5 cm³/mol. The van der Waals surface area contributed by atoms with Gasteiger partial charge in [-0.05, 0) is 13.1 Å². The molecular weight excluding hydrogens is 182 g/mol. The number of aliphatic hydroxyl groups excluding tert-OH is 1. The van der Waals surface area contributed by atoms with Gasteiger partial charge in [0.2, 0.25) is 0 Å². The summed E-state index contributed by atoms with van der Waals surface area (Å²) >= 11 is 3.42. The van der Waals surface area contributed by atoms with Gasteiger partial charge in [0, 0.05) is 11.4 Å². The van der Waals surface area contributed by atoms with Crippen molar-refractivity contribution in [1.82, 2.24) is 4.90 Å². The smallest absolute Gasteiger partial charge is 0.126 e. The fourth-order valence-electron chi connectivity index (χ4n) is 0.811. The van der Waals surface area contributed by atoms with Crippen LogP contribution in [0, 0.1) is 0 Å². The van der Waals surface area contributed by atoms with Gasteiger partial charge in [-0.3, -0.25) is 4.90 Å². The van der Waals surface area contributed by atoms with E-state index < -0.39 is 6.23 Å². The van der Waals surface area contributed by atoms with Crippen molar-refractivity contribution in [3.8, 4) is 0 Å². The number of halogens is 1. The Morgan fingerprint density at radius 2 is 2.33 bits per heavy atom. The standard InChI is InChI=1S/C6H10BrNO/c1-8-4-5(7)2-3-6(8)9/h2-3,5-6,9H,4H2,1H3. The molecule has 2 atom stereocenters. The number of rotatable bonds is 0. The molecule has 0 spiro atoms. The zero-order valence-electron chi connectivity index (χ0n) is 5.29. The Hall–Kier alpha value is 0.140. The summed E-state index contributed by atoms with van der Waals surface area (Å²) in [6.07, 6.45) is 3.35. The van der Waals surface area contributed by atoms with Gasteiger partial charge >= 0.3 is 0 Å². The van der Waals surface area contributed by atoms with E-state index in [4.69, 9.17) is 5.11 Å². The van der Waals surface area contributed by atoms with Crippen molar-refractivity contribution in [2.24, 2.45) is 0 Å². The lowest BCUT2D eigenvalue weighted by molar-refractivity contribution is 0.0595. The highest BCUT2D eigenvalue weighted by atomic mass is 79.9. The van der Waals surface area contributed by atoms with Gasteiger partial charge in [-0.2, -0.15) is 0 Å². The molecule has 52 valence electrons. The molecule has 9 heavy (non-hydrogen) atoms. The quantitative estimate of drug-likeness (QED) is 0.448. The normalized spacial score (nSPS) is 37.2. The fourth-order valence-corrected chi connectivity index (χ4v) is 1.44. The van der Waals surface area contributed by atoms with Gasteiger partial charge in [-0.1, -0.05) is 22.0 Å². The van der Waals surface area contributed by atoms with Crippen molar-refractivity contribution < 1.29 is 5.11 Å². The molecule has 0 aromatic heterocycles. The molecule has 3 heteroatoms. The first-order chi connectivity index (χ1) is 4.20. The number of aliphatic hydroxyl groups is 1. The molecular formula is C6H10BrNO. The average Bonchev–Trinajstić information content (AvgIpc) is 1.80. The Morgan fingerprint density at radius 1 is 1.67 bits per heavy atom. The van der Waals surface area contributed by atoms with Crippen molar-refractivity contribution in [2.75, 3.05) is 13.6 Å². The summed E-state index contributed by atoms with van der Waals surface area (Å²) in [5, 5.41) is 9.11. The van der Waals surface area contributed by atoms with Crippen LogP contribution >= 0.6 is 15.9 Å². The molecule has 1 aliphatic heterocycles. The van der Waals surface area contributed by atoms with Crippen molar-refractivity contribution >= 4 is 15.9 Å². The maximum absolute atomic E-state index is 9.11. The zero-order chi connectivity index (χ0) is 6.85. The van der Waals surface area contributed by atoms with Gasteiger partial charge in [-0.25, -0.2) is 0 Å². The third kappa shape index (κ3) is 1.78. The van der Waals surface area contributed by atoms with Crippen LogP contribution in [-0.2, 0) is 0 Å². The second-order valence-corrected chi connectivity index (χ2v) is 3.43. The van der Waals surface area contributed by atoms with Gasteiger partial charge in [0.1, 0.15) is 6.23 Å². The second-order valence-electron chi connectivity index (χ2n) is 2.25. The van der Waals surface area contributed by atoms with Crippen molar-refractivity contribution in [3.63, 3.8) is 0 Å². The van der Waals surface area contributed by atoms with Gasteiger partial charge < -0.3 is 5.11 Å². The molecule has 1 heterocycles. The van der Waals surface area contributed by atoms with Crippen molar-refractivity contribution in [3.05, 3.63) is 12.2 Å². The molecule has 0 saturated carbocycles. The van der Waals surface area contributed by atoms with E-state index in [0.29, 0.717) is 4.83 Å². The molecule has 0 saturated heterocycles. The minimum atomic E-state index is -0.390. The third-order valence-corrected chi connectivity index (χ3v) is 2.00. The summed E-state index contributed by atoms with van der Waals surface area (Å²) in [5.41, 5.74) is 0. The summed E-state index contributed by atoms with van der Waals surface area (Å²) in [5.74, 6) is 0. The van der Waals surface area contributed by atoms with E-state index in [1.54, 1.807) is 6.08 Å². The van der Waals surface area contributed by atoms with Crippen LogP contribution in [0.4, 0.5) is 0 Å². The first kappa shape index (κ1) is 7.25. The van der Waals surface area contributed by atoms with E-state index in [0.717, 1.165) is 6.54 Å². The lowest BCUT2D eigenvalue weighted by Crippen LogP contribution is -2.37. The molecule has 0 radical (unpaired) electrons. The summed E-state index contributed by atoms with van der Waals surface area (Å²) in [4.78, 5) is 2.27. The SMILES string of the molecule is CN1CC(Br)C=CC1O. The topological polar surface area (TPSA) is 23.5 Å². The molecule has 2 nitrogen and oxygen atoms in total. The van der Waals surface area contributed by atoms with E-state index in [9.17, 15) is 0 Å². The Labute approximate surface area is 63.3 Å². The van der Waals surface area contributed by atoms with Gasteiger partial charge in [0.25, 0.3) is 0 Å². The van der Waals surface area contributed by atoms with Crippen LogP contribution < -0.4 is 0 Å². The van der Waals surface area contributed by atoms with E-state index >= 15 is 0 Å². The maximum Gasteiger partial charge on any atom is 0.126 e. The summed E-state index contributed by atoms with van der Waals surface area (Å²) in [7, 11) is 1.89. The highest BCUT2D eigenvalue weighted by Crippen LogP contribution is 2.11. The fraction of sp³-hybridized carbons (Fsp3) is 0.667. The third-order valence-electron chi connectivity index (χ3n) is 1.41. The molecule has 0 aromatic carbocycles. The Bertz CT molecular complexity index is 126. The summed E-state index contributed by atoms with van der Waals surface area (Å²) < 4.78 is 0. The molecule has 1 aliphatic rings. The van der Waals surface area contributed by atoms with Crippen LogP contribution in [0.5, 0.6) is 0 Å². The summed E-state index contributed by atoms with van der Waals surface area (Å²) in [6, 6.07) is 0. The molecule has 0 amide bonds. The summed E-state index contributed by atoms with van der Waals surface area (Å²) in [6.45, 7) is 0.873. The van der Waals surface area contributed by atoms with E-state index in [1.807, 2.05) is 18.0 Å². The Balaban J connectivity index is 2.54. The molecule has 2 unspecified atom stereocenters. The van der Waals surface area contributed by atoms with E-state index in [2.05, 4.69) is 15.9 Å². The first-order valence-corrected chi connectivity index (χ1v) is 3.82. The Morgan fingerprint density at radius 3 is 2.78 bits per heavy atom. The Kier molecular flexibility index (Phi) is 2.27. The lowest BCUT2D eigenvalue weighted by atomic mass is 10.2. The largest absolute Gasteiger partial charge is 0.375 e. The van der Waals surface area contributed by atoms with Gasteiger partial charge in [-0.15, -0.1) is 0 Å². The molecule has 1 rings (SSSR count). The van der Waals surface area contributed by atoms with Gasteiger partial charge in [0.15, 0.2) is 0 Å². The van der Waals surface area contributed by atoms with E-state index in [1.165, 1.54) is 0 Å². The predicted octanol–water partition coefficient (Wildman–Crippen LogP) is 0.570. The maximum atomic E-state index is 9.11. The number of nitrogens with zero attached hydrogens (tertiary/aromatic N) is 1. The second kappa shape index (κ2) is 2.82. The zero-order valence-corrected chi connectivity index (χ0v) is 6.87. The minimum Gasteiger partial charge on any atom is -0.375 e. The molecule has 1 N–H and O–H groups in total. The van der Waals surface area contributed by atoms with Crippen LogP contribution in [0.2, 0.25) is 0 Å². The highest BCUT2D eigenvalue weighted by molar-refractivity contribution is 9.09. The molecule has 0 aliphatic carbocycles. The van der Waals surface area contributed by atoms with Gasteiger partial charge in [0.05, 0.1) is 0 Å². The number of hydrogen-bond acceptors (Lipinski definition) is 2. The van der Waals surface area contributed by atoms with Crippen molar-refractivity contribution in [2.45, 2.75) is 11.1 Å². The monoisotopic (exact) mass is 191 g/mol. The first-order valence-electron chi connectivity index (χ1n) is 2.91. The van der Waals surface area contributed by atoms with Crippen LogP contribution in [0.3, 0.4) is 0 Å². The minimum absolute atomic E-state index is 0.390. The van der Waals surface area contributed by atoms with Crippen molar-refractivity contribution in [1.29, 1.82) is 0 Å². The number of hydrogen-bond donors (Lipinski definition) is 1. The van der Waals surface area contributed by atoms with Crippen LogP contribution in [-0.4, -0.2) is 34.7 Å². The number of likely N-dealkylation sites (N-methyl/N-ethyl adjacent to an activating group) is 1. The molecule has 0 aromatic rings. The average molecular weight is 192 g/mol. The molecule has 0 fully saturated rings. The number of alkyl halides is 1. The van der Waals surface area contributed by atoms with E-state index in [-0.39, 0.29) is 0 Å². The lowest BCUT2D eigenvalue weighted by Gasteiger charge is -2.26. The highest BCUT2D eigenvalue weighted by Gasteiger charge is 2.15. The van der Waals surface area contributed by atoms with Crippen LogP contribution in [0.1, 0.15) is 0 Å². The van der Waals surface area contributed by atoms with Crippen LogP contribution in [0.25, 0.3) is 0 Å². The molecule has 0 bridgehead atoms. The van der Waals surface area contributed by atoms with Crippen LogP contribution in [0.15, 0.2) is 12.2 Å².